The first-order valence-electron chi connectivity index (χ1n) is 8.37. The summed E-state index contributed by atoms with van der Waals surface area (Å²) in [5.41, 5.74) is 2.30. The van der Waals surface area contributed by atoms with Crippen LogP contribution in [0.1, 0.15) is 65.7 Å². The zero-order valence-electron chi connectivity index (χ0n) is 15.3. The molecule has 1 aromatic heterocycles. The molecular formula is C18H26N2O4. The van der Waals surface area contributed by atoms with Crippen LogP contribution >= 0.6 is 0 Å². The molecule has 1 aliphatic carbocycles. The van der Waals surface area contributed by atoms with Gasteiger partial charge in [0.25, 0.3) is 0 Å². The van der Waals surface area contributed by atoms with E-state index in [2.05, 4.69) is 0 Å². The molecule has 1 heterocycles. The predicted molar refractivity (Wildman–Crippen MR) is 90.3 cm³/mol. The van der Waals surface area contributed by atoms with E-state index in [0.29, 0.717) is 23.4 Å². The van der Waals surface area contributed by atoms with Gasteiger partial charge in [-0.3, -0.25) is 9.59 Å². The average molecular weight is 334 g/mol. The summed E-state index contributed by atoms with van der Waals surface area (Å²) < 4.78 is 6.67. The highest BCUT2D eigenvalue weighted by Gasteiger charge is 2.38. The molecule has 0 aromatic carbocycles. The Bertz CT molecular complexity index is 686. The molecule has 0 saturated heterocycles. The Hall–Kier alpha value is -2.11. The first-order chi connectivity index (χ1) is 11.3. The van der Waals surface area contributed by atoms with Gasteiger partial charge in [-0.2, -0.15) is 0 Å². The van der Waals surface area contributed by atoms with Crippen LogP contribution in [0.3, 0.4) is 0 Å². The third-order valence-corrected chi connectivity index (χ3v) is 4.81. The number of hydrogen-bond donors (Lipinski definition) is 0. The van der Waals surface area contributed by atoms with Crippen LogP contribution in [0.15, 0.2) is 0 Å². The van der Waals surface area contributed by atoms with E-state index in [-0.39, 0.29) is 17.7 Å². The molecule has 1 amide bonds. The monoisotopic (exact) mass is 334 g/mol. The fourth-order valence-corrected chi connectivity index (χ4v) is 3.55. The van der Waals surface area contributed by atoms with Crippen molar-refractivity contribution in [1.29, 1.82) is 0 Å². The summed E-state index contributed by atoms with van der Waals surface area (Å²) in [5.74, 6) is -0.656. The van der Waals surface area contributed by atoms with Crippen molar-refractivity contribution in [2.24, 2.45) is 0 Å². The molecule has 1 aliphatic rings. The van der Waals surface area contributed by atoms with Gasteiger partial charge >= 0.3 is 5.97 Å². The number of aromatic nitrogens is 1. The molecule has 0 unspecified atom stereocenters. The number of amides is 1. The summed E-state index contributed by atoms with van der Waals surface area (Å²) in [6, 6.07) is -0.374. The standard InChI is InChI=1S/C18H26N2O4/c1-7-19-11(3)15(10(2)16(19)18(23)24-6)17(22)12(4)20(13(5)21)14-8-9-14/h12,14H,7-9H2,1-6H3/t12-/m0/s1. The summed E-state index contributed by atoms with van der Waals surface area (Å²) >= 11 is 0. The number of hydrogen-bond acceptors (Lipinski definition) is 4. The Balaban J connectivity index is 2.47. The van der Waals surface area contributed by atoms with Gasteiger partial charge in [0, 0.05) is 30.8 Å². The van der Waals surface area contributed by atoms with Gasteiger partial charge in [0.15, 0.2) is 5.78 Å². The van der Waals surface area contributed by atoms with Crippen molar-refractivity contribution in [3.63, 3.8) is 0 Å². The number of carbonyl (C=O) groups excluding carboxylic acids is 3. The minimum absolute atomic E-state index is 0.0863. The number of ketones is 1. The van der Waals surface area contributed by atoms with Crippen molar-refractivity contribution in [2.45, 2.75) is 66.1 Å². The molecule has 0 aliphatic heterocycles. The van der Waals surface area contributed by atoms with Gasteiger partial charge in [0.2, 0.25) is 5.91 Å². The Labute approximate surface area is 142 Å². The smallest absolute Gasteiger partial charge is 0.354 e. The van der Waals surface area contributed by atoms with Crippen molar-refractivity contribution in [3.8, 4) is 0 Å². The van der Waals surface area contributed by atoms with E-state index in [0.717, 1.165) is 18.5 Å². The van der Waals surface area contributed by atoms with Crippen LogP contribution in [0.4, 0.5) is 0 Å². The lowest BCUT2D eigenvalue weighted by molar-refractivity contribution is -0.130. The number of nitrogens with zero attached hydrogens (tertiary/aromatic N) is 2. The molecule has 0 bridgehead atoms. The minimum atomic E-state index is -0.536. The Morgan fingerprint density at radius 3 is 2.29 bits per heavy atom. The highest BCUT2D eigenvalue weighted by Crippen LogP contribution is 2.31. The number of methoxy groups -OCH3 is 1. The second-order valence-corrected chi connectivity index (χ2v) is 6.37. The number of Topliss-reactive ketones (excluding diaryl/α,β-unsaturated/α-hetero) is 1. The van der Waals surface area contributed by atoms with Gasteiger partial charge in [-0.05, 0) is 46.1 Å². The maximum Gasteiger partial charge on any atom is 0.354 e. The van der Waals surface area contributed by atoms with Crippen molar-refractivity contribution in [1.82, 2.24) is 9.47 Å². The summed E-state index contributed by atoms with van der Waals surface area (Å²) in [6.45, 7) is 9.35. The molecule has 6 nitrogen and oxygen atoms in total. The van der Waals surface area contributed by atoms with Crippen LogP contribution in [0.25, 0.3) is 0 Å². The molecule has 0 radical (unpaired) electrons. The molecule has 0 spiro atoms. The summed E-state index contributed by atoms with van der Waals surface area (Å²) in [6.07, 6.45) is 1.89. The third kappa shape index (κ3) is 2.97. The predicted octanol–water partition coefficient (Wildman–Crippen LogP) is 2.49. The van der Waals surface area contributed by atoms with Crippen LogP contribution in [0, 0.1) is 13.8 Å². The van der Waals surface area contributed by atoms with Crippen molar-refractivity contribution < 1.29 is 19.1 Å². The lowest BCUT2D eigenvalue weighted by Crippen LogP contribution is -2.43. The molecular weight excluding hydrogens is 308 g/mol. The zero-order chi connectivity index (χ0) is 18.2. The number of esters is 1. The van der Waals surface area contributed by atoms with E-state index in [1.807, 2.05) is 13.8 Å². The van der Waals surface area contributed by atoms with Gasteiger partial charge in [-0.1, -0.05) is 0 Å². The number of ether oxygens (including phenoxy) is 1. The number of carbonyl (C=O) groups is 3. The Morgan fingerprint density at radius 2 is 1.88 bits per heavy atom. The van der Waals surface area contributed by atoms with E-state index in [4.69, 9.17) is 4.74 Å². The Morgan fingerprint density at radius 1 is 1.29 bits per heavy atom. The molecule has 6 heteroatoms. The highest BCUT2D eigenvalue weighted by molar-refractivity contribution is 6.06. The van der Waals surface area contributed by atoms with Crippen molar-refractivity contribution in [2.75, 3.05) is 7.11 Å². The van der Waals surface area contributed by atoms with Crippen LogP contribution in [-0.2, 0) is 16.1 Å². The van der Waals surface area contributed by atoms with Crippen LogP contribution < -0.4 is 0 Å². The van der Waals surface area contributed by atoms with Gasteiger partial charge in [-0.15, -0.1) is 0 Å². The highest BCUT2D eigenvalue weighted by atomic mass is 16.5. The maximum absolute atomic E-state index is 13.1. The number of rotatable bonds is 6. The Kier molecular flexibility index (Phi) is 5.16. The normalized spacial score (nSPS) is 15.1. The van der Waals surface area contributed by atoms with E-state index in [9.17, 15) is 14.4 Å². The molecule has 2 rings (SSSR count). The van der Waals surface area contributed by atoms with Crippen LogP contribution in [0.2, 0.25) is 0 Å². The van der Waals surface area contributed by atoms with Crippen molar-refractivity contribution >= 4 is 17.7 Å². The summed E-state index contributed by atoms with van der Waals surface area (Å²) in [7, 11) is 1.33. The topological polar surface area (TPSA) is 68.6 Å². The second-order valence-electron chi connectivity index (χ2n) is 6.37. The molecule has 24 heavy (non-hydrogen) atoms. The maximum atomic E-state index is 13.1. The van der Waals surface area contributed by atoms with Crippen LogP contribution in [-0.4, -0.2) is 46.3 Å². The van der Waals surface area contributed by atoms with Crippen molar-refractivity contribution in [3.05, 3.63) is 22.5 Å². The molecule has 132 valence electrons. The first kappa shape index (κ1) is 18.2. The largest absolute Gasteiger partial charge is 0.464 e. The summed E-state index contributed by atoms with van der Waals surface area (Å²) in [4.78, 5) is 38.8. The van der Waals surface area contributed by atoms with Gasteiger partial charge < -0.3 is 14.2 Å². The average Bonchev–Trinajstić information content (AvgIpc) is 3.31. The fourth-order valence-electron chi connectivity index (χ4n) is 3.55. The molecule has 0 N–H and O–H groups in total. The zero-order valence-corrected chi connectivity index (χ0v) is 15.3. The lowest BCUT2D eigenvalue weighted by Gasteiger charge is -2.27. The lowest BCUT2D eigenvalue weighted by atomic mass is 9.99. The van der Waals surface area contributed by atoms with E-state index in [1.165, 1.54) is 14.0 Å². The molecule has 1 saturated carbocycles. The third-order valence-electron chi connectivity index (χ3n) is 4.81. The van der Waals surface area contributed by atoms with E-state index >= 15 is 0 Å². The molecule has 1 fully saturated rings. The van der Waals surface area contributed by atoms with Crippen LogP contribution in [0.5, 0.6) is 0 Å². The molecule has 1 atom stereocenters. The second kappa shape index (κ2) is 6.79. The minimum Gasteiger partial charge on any atom is -0.464 e. The van der Waals surface area contributed by atoms with E-state index in [1.54, 1.807) is 23.3 Å². The fraction of sp³-hybridized carbons (Fsp3) is 0.611. The SMILES string of the molecule is CCn1c(C)c(C(=O)[C@H](C)N(C(C)=O)C2CC2)c(C)c1C(=O)OC. The van der Waals surface area contributed by atoms with Gasteiger partial charge in [-0.25, -0.2) is 4.79 Å². The van der Waals surface area contributed by atoms with E-state index < -0.39 is 12.0 Å². The quantitative estimate of drug-likeness (QED) is 0.592. The van der Waals surface area contributed by atoms with Gasteiger partial charge in [0.1, 0.15) is 5.69 Å². The summed E-state index contributed by atoms with van der Waals surface area (Å²) in [5, 5.41) is 0. The van der Waals surface area contributed by atoms with Gasteiger partial charge in [0.05, 0.1) is 13.2 Å². The molecule has 1 aromatic rings. The first-order valence-corrected chi connectivity index (χ1v) is 8.37.